The van der Waals surface area contributed by atoms with E-state index in [1.165, 1.54) is 7.11 Å². The minimum atomic E-state index is -4.03. The average molecular weight is 284 g/mol. The first-order valence-corrected chi connectivity index (χ1v) is 6.72. The molecule has 0 saturated heterocycles. The number of rotatable bonds is 3. The largest absolute Gasteiger partial charge is 0.466 e. The number of esters is 1. The smallest absolute Gasteiger partial charge is 0.329 e. The van der Waals surface area contributed by atoms with Crippen molar-refractivity contribution in [2.24, 2.45) is 0 Å². The van der Waals surface area contributed by atoms with Crippen molar-refractivity contribution >= 4 is 21.7 Å². The van der Waals surface area contributed by atoms with Crippen LogP contribution >= 0.6 is 0 Å². The second kappa shape index (κ2) is 8.23. The Balaban J connectivity index is 0.000000459. The predicted octanol–water partition coefficient (Wildman–Crippen LogP) is 2.28. The zero-order valence-corrected chi connectivity index (χ0v) is 11.6. The molecule has 0 saturated carbocycles. The molecule has 0 bridgehead atoms. The lowest BCUT2D eigenvalue weighted by Crippen LogP contribution is -1.91. The van der Waals surface area contributed by atoms with E-state index in [1.54, 1.807) is 31.2 Å². The predicted molar refractivity (Wildman–Crippen MR) is 73.9 cm³/mol. The topological polar surface area (TPSA) is 80.7 Å². The van der Waals surface area contributed by atoms with E-state index in [1.807, 2.05) is 6.07 Å². The lowest BCUT2D eigenvalue weighted by molar-refractivity contribution is -0.134. The van der Waals surface area contributed by atoms with Crippen LogP contribution in [0.3, 0.4) is 0 Å². The first kappa shape index (κ1) is 17.1. The van der Waals surface area contributed by atoms with Gasteiger partial charge in [0.1, 0.15) is 0 Å². The Morgan fingerprint density at radius 1 is 1.32 bits per heavy atom. The Hall–Kier alpha value is -1.92. The van der Waals surface area contributed by atoms with Gasteiger partial charge in [0, 0.05) is 6.08 Å². The highest BCUT2D eigenvalue weighted by Crippen LogP contribution is 2.13. The summed E-state index contributed by atoms with van der Waals surface area (Å²) < 4.78 is 33.7. The lowest BCUT2D eigenvalue weighted by atomic mass is 10.1. The van der Waals surface area contributed by atoms with Crippen LogP contribution in [0.4, 0.5) is 0 Å². The van der Waals surface area contributed by atoms with E-state index in [9.17, 15) is 13.2 Å². The Labute approximate surface area is 113 Å². The summed E-state index contributed by atoms with van der Waals surface area (Å²) in [6.07, 6.45) is 1.11. The van der Waals surface area contributed by atoms with Crippen molar-refractivity contribution in [1.82, 2.24) is 0 Å². The zero-order valence-electron chi connectivity index (χ0n) is 10.7. The number of carbonyl (C=O) groups excluding carboxylic acids is 1. The number of allylic oxidation sites excluding steroid dienone is 1. The summed E-state index contributed by atoms with van der Waals surface area (Å²) in [6.45, 7) is 4.78. The molecular formula is C13H16O5S. The van der Waals surface area contributed by atoms with Gasteiger partial charge in [0.15, 0.2) is 0 Å². The van der Waals surface area contributed by atoms with Gasteiger partial charge in [0.25, 0.3) is 10.1 Å². The summed E-state index contributed by atoms with van der Waals surface area (Å²) in [5.74, 6) is -0.394. The van der Waals surface area contributed by atoms with Crippen molar-refractivity contribution in [3.63, 3.8) is 0 Å². The molecule has 0 fully saturated rings. The number of benzene rings is 1. The van der Waals surface area contributed by atoms with Gasteiger partial charge in [-0.15, -0.1) is 0 Å². The third-order valence-corrected chi connectivity index (χ3v) is 2.57. The van der Waals surface area contributed by atoms with Crippen molar-refractivity contribution in [3.05, 3.63) is 54.0 Å². The van der Waals surface area contributed by atoms with E-state index in [2.05, 4.69) is 11.3 Å². The molecule has 0 spiro atoms. The molecule has 104 valence electrons. The summed E-state index contributed by atoms with van der Waals surface area (Å²) in [5, 5.41) is 0.836. The Kier molecular flexibility index (Phi) is 7.40. The maximum Gasteiger partial charge on any atom is 0.329 e. The molecule has 1 rings (SSSR count). The molecule has 0 aliphatic heterocycles. The van der Waals surface area contributed by atoms with Crippen molar-refractivity contribution in [2.75, 3.05) is 7.11 Å². The fourth-order valence-electron chi connectivity index (χ4n) is 1.08. The summed E-state index contributed by atoms with van der Waals surface area (Å²) in [6, 6.07) is 8.99. The second-order valence-corrected chi connectivity index (χ2v) is 4.67. The number of methoxy groups -OCH3 is 1. The SMILES string of the molecule is C=CC(=O)OC.CC(=CS(=O)(=O)O)c1ccccc1. The van der Waals surface area contributed by atoms with Crippen LogP contribution < -0.4 is 0 Å². The van der Waals surface area contributed by atoms with Crippen molar-refractivity contribution in [3.8, 4) is 0 Å². The molecule has 1 N–H and O–H groups in total. The second-order valence-electron chi connectivity index (χ2n) is 3.41. The fraction of sp³-hybridized carbons (Fsp3) is 0.154. The normalized spacial score (nSPS) is 11.0. The molecule has 19 heavy (non-hydrogen) atoms. The summed E-state index contributed by atoms with van der Waals surface area (Å²) in [7, 11) is -2.72. The highest BCUT2D eigenvalue weighted by molar-refractivity contribution is 7.89. The minimum absolute atomic E-state index is 0.394. The van der Waals surface area contributed by atoms with Gasteiger partial charge in [0.05, 0.1) is 12.5 Å². The third-order valence-electron chi connectivity index (χ3n) is 1.92. The molecule has 5 nitrogen and oxygen atoms in total. The Morgan fingerprint density at radius 3 is 2.16 bits per heavy atom. The quantitative estimate of drug-likeness (QED) is 0.523. The first-order valence-electron chi connectivity index (χ1n) is 5.21. The molecule has 1 aromatic rings. The maximum absolute atomic E-state index is 10.5. The van der Waals surface area contributed by atoms with E-state index >= 15 is 0 Å². The molecule has 0 heterocycles. The van der Waals surface area contributed by atoms with E-state index in [-0.39, 0.29) is 0 Å². The molecule has 6 heteroatoms. The van der Waals surface area contributed by atoms with Crippen LogP contribution in [0.5, 0.6) is 0 Å². The maximum atomic E-state index is 10.5. The van der Waals surface area contributed by atoms with Crippen LogP contribution in [0.2, 0.25) is 0 Å². The average Bonchev–Trinajstić information content (AvgIpc) is 2.37. The van der Waals surface area contributed by atoms with Gasteiger partial charge >= 0.3 is 5.97 Å². The van der Waals surface area contributed by atoms with Crippen LogP contribution in [0.1, 0.15) is 12.5 Å². The van der Waals surface area contributed by atoms with Crippen LogP contribution in [0.15, 0.2) is 48.4 Å². The van der Waals surface area contributed by atoms with Crippen LogP contribution in [-0.2, 0) is 19.6 Å². The van der Waals surface area contributed by atoms with E-state index in [4.69, 9.17) is 4.55 Å². The van der Waals surface area contributed by atoms with E-state index < -0.39 is 16.1 Å². The van der Waals surface area contributed by atoms with Crippen molar-refractivity contribution in [1.29, 1.82) is 0 Å². The summed E-state index contributed by atoms with van der Waals surface area (Å²) >= 11 is 0. The van der Waals surface area contributed by atoms with Gasteiger partial charge in [-0.3, -0.25) is 4.55 Å². The molecule has 1 aromatic carbocycles. The lowest BCUT2D eigenvalue weighted by Gasteiger charge is -1.98. The van der Waals surface area contributed by atoms with Gasteiger partial charge in [-0.05, 0) is 18.1 Å². The van der Waals surface area contributed by atoms with Gasteiger partial charge in [-0.2, -0.15) is 8.42 Å². The van der Waals surface area contributed by atoms with E-state index in [0.29, 0.717) is 5.57 Å². The van der Waals surface area contributed by atoms with Crippen molar-refractivity contribution in [2.45, 2.75) is 6.92 Å². The first-order chi connectivity index (χ1) is 8.80. The van der Waals surface area contributed by atoms with Gasteiger partial charge < -0.3 is 4.74 Å². The number of hydrogen-bond donors (Lipinski definition) is 1. The molecule has 0 unspecified atom stereocenters. The molecule has 0 aromatic heterocycles. The Morgan fingerprint density at radius 2 is 1.84 bits per heavy atom. The van der Waals surface area contributed by atoms with Crippen molar-refractivity contribution < 1.29 is 22.5 Å². The highest BCUT2D eigenvalue weighted by Gasteiger charge is 2.01. The summed E-state index contributed by atoms with van der Waals surface area (Å²) in [5.41, 5.74) is 1.29. The van der Waals surface area contributed by atoms with Gasteiger partial charge in [-0.25, -0.2) is 4.79 Å². The van der Waals surface area contributed by atoms with Crippen LogP contribution in [0, 0.1) is 0 Å². The van der Waals surface area contributed by atoms with E-state index in [0.717, 1.165) is 17.0 Å². The summed E-state index contributed by atoms with van der Waals surface area (Å²) in [4.78, 5) is 9.84. The fourth-order valence-corrected chi connectivity index (χ4v) is 1.66. The Bertz CT molecular complexity index is 544. The number of hydrogen-bond acceptors (Lipinski definition) is 4. The number of carbonyl (C=O) groups is 1. The van der Waals surface area contributed by atoms with Gasteiger partial charge in [-0.1, -0.05) is 36.9 Å². The number of ether oxygens (including phenoxy) is 1. The molecule has 0 aliphatic carbocycles. The third kappa shape index (κ3) is 8.76. The monoisotopic (exact) mass is 284 g/mol. The molecule has 0 radical (unpaired) electrons. The van der Waals surface area contributed by atoms with Crippen LogP contribution in [-0.4, -0.2) is 26.0 Å². The minimum Gasteiger partial charge on any atom is -0.466 e. The molecule has 0 amide bonds. The standard InChI is InChI=1S/C9H10O3S.C4H6O2/c1-8(7-13(10,11)12)9-5-3-2-4-6-9;1-3-4(5)6-2/h2-7H,1H3,(H,10,11,12);3H,1H2,2H3. The molecular weight excluding hydrogens is 268 g/mol. The van der Waals surface area contributed by atoms with Gasteiger partial charge in [0.2, 0.25) is 0 Å². The molecule has 0 aliphatic rings. The highest BCUT2D eigenvalue weighted by atomic mass is 32.2. The molecule has 0 atom stereocenters. The zero-order chi connectivity index (χ0) is 14.9. The van der Waals surface area contributed by atoms with Crippen LogP contribution in [0.25, 0.3) is 5.57 Å².